The highest BCUT2D eigenvalue weighted by Crippen LogP contribution is 2.40. The first-order valence-corrected chi connectivity index (χ1v) is 12.8. The molecule has 2 aliphatic rings. The van der Waals surface area contributed by atoms with Gasteiger partial charge in [-0.15, -0.1) is 11.3 Å². The number of fused-ring (bicyclic) bond motifs is 3. The molecule has 3 heterocycles. The van der Waals surface area contributed by atoms with Crippen molar-refractivity contribution < 1.29 is 8.42 Å². The predicted octanol–water partition coefficient (Wildman–Crippen LogP) is 3.64. The zero-order chi connectivity index (χ0) is 20.9. The second kappa shape index (κ2) is 7.59. The highest BCUT2D eigenvalue weighted by Gasteiger charge is 2.31. The lowest BCUT2D eigenvalue weighted by Gasteiger charge is -2.35. The summed E-state index contributed by atoms with van der Waals surface area (Å²) in [6.07, 6.45) is 5.09. The zero-order valence-corrected chi connectivity index (χ0v) is 19.0. The third-order valence-electron chi connectivity index (χ3n) is 6.26. The Labute approximate surface area is 181 Å². The normalized spacial score (nSPS) is 20.5. The van der Waals surface area contributed by atoms with Crippen LogP contribution in [0.2, 0.25) is 0 Å². The molecule has 0 amide bonds. The Hall–Kier alpha value is -2.03. The van der Waals surface area contributed by atoms with Gasteiger partial charge in [-0.25, -0.2) is 18.4 Å². The van der Waals surface area contributed by atoms with E-state index in [1.165, 1.54) is 22.2 Å². The molecule has 0 bridgehead atoms. The second-order valence-electron chi connectivity index (χ2n) is 8.43. The van der Waals surface area contributed by atoms with E-state index in [4.69, 9.17) is 0 Å². The maximum atomic E-state index is 13.0. The van der Waals surface area contributed by atoms with Crippen LogP contribution in [0.25, 0.3) is 10.2 Å². The maximum absolute atomic E-state index is 13.0. The minimum Gasteiger partial charge on any atom is -0.353 e. The van der Waals surface area contributed by atoms with Crippen LogP contribution in [0.3, 0.4) is 0 Å². The van der Waals surface area contributed by atoms with E-state index < -0.39 is 10.0 Å². The molecular weight excluding hydrogens is 416 g/mol. The maximum Gasteiger partial charge on any atom is 0.243 e. The molecule has 0 saturated carbocycles. The molecule has 1 aliphatic carbocycles. The van der Waals surface area contributed by atoms with Gasteiger partial charge in [0.25, 0.3) is 0 Å². The summed E-state index contributed by atoms with van der Waals surface area (Å²) in [7, 11) is -3.46. The lowest BCUT2D eigenvalue weighted by atomic mass is 9.88. The van der Waals surface area contributed by atoms with Crippen LogP contribution in [0.4, 0.5) is 5.82 Å². The fraction of sp³-hybridized carbons (Fsp3) is 0.455. The molecule has 2 aromatic heterocycles. The second-order valence-corrected chi connectivity index (χ2v) is 11.5. The number of sulfonamides is 1. The summed E-state index contributed by atoms with van der Waals surface area (Å²) in [6.45, 7) is 6.47. The molecule has 3 aromatic rings. The first-order chi connectivity index (χ1) is 14.4. The Balaban J connectivity index is 1.40. The van der Waals surface area contributed by atoms with Crippen LogP contribution in [0, 0.1) is 12.8 Å². The zero-order valence-electron chi connectivity index (χ0n) is 17.3. The average Bonchev–Trinajstić information content (AvgIpc) is 3.12. The third kappa shape index (κ3) is 3.40. The number of benzene rings is 1. The van der Waals surface area contributed by atoms with Crippen LogP contribution in [-0.4, -0.2) is 48.9 Å². The van der Waals surface area contributed by atoms with Gasteiger partial charge in [0.1, 0.15) is 17.0 Å². The van der Waals surface area contributed by atoms with Crippen molar-refractivity contribution in [1.82, 2.24) is 14.3 Å². The molecule has 1 aromatic carbocycles. The standard InChI is InChI=1S/C22H26N4O2S2/c1-15-3-6-17(7-4-15)30(27,28)26-11-9-25(10-12-26)21-20-18-13-16(2)5-8-19(18)29-22(20)24-14-23-21/h3-4,6-7,14,16H,5,8-13H2,1-2H3. The topological polar surface area (TPSA) is 66.4 Å². The van der Waals surface area contributed by atoms with E-state index in [1.54, 1.807) is 34.1 Å². The van der Waals surface area contributed by atoms with Crippen LogP contribution in [0.5, 0.6) is 0 Å². The molecule has 8 heteroatoms. The number of piperazine rings is 1. The van der Waals surface area contributed by atoms with Crippen molar-refractivity contribution in [2.24, 2.45) is 5.92 Å². The van der Waals surface area contributed by atoms with Crippen molar-refractivity contribution in [1.29, 1.82) is 0 Å². The van der Waals surface area contributed by atoms with Gasteiger partial charge < -0.3 is 4.90 Å². The van der Waals surface area contributed by atoms with Crippen molar-refractivity contribution in [3.63, 3.8) is 0 Å². The Kier molecular flexibility index (Phi) is 5.03. The molecule has 5 rings (SSSR count). The summed E-state index contributed by atoms with van der Waals surface area (Å²) in [5.41, 5.74) is 2.47. The Morgan fingerprint density at radius 2 is 1.80 bits per heavy atom. The van der Waals surface area contributed by atoms with Gasteiger partial charge in [0.2, 0.25) is 10.0 Å². The van der Waals surface area contributed by atoms with Gasteiger partial charge in [-0.05, 0) is 49.8 Å². The molecule has 0 N–H and O–H groups in total. The summed E-state index contributed by atoms with van der Waals surface area (Å²) in [6, 6.07) is 7.09. The van der Waals surface area contributed by atoms with Crippen LogP contribution < -0.4 is 4.90 Å². The quantitative estimate of drug-likeness (QED) is 0.620. The molecule has 0 radical (unpaired) electrons. The van der Waals surface area contributed by atoms with Gasteiger partial charge in [0, 0.05) is 31.1 Å². The van der Waals surface area contributed by atoms with Gasteiger partial charge in [-0.2, -0.15) is 4.31 Å². The number of hydrogen-bond donors (Lipinski definition) is 0. The highest BCUT2D eigenvalue weighted by molar-refractivity contribution is 7.89. The number of thiophene rings is 1. The van der Waals surface area contributed by atoms with Crippen molar-refractivity contribution >= 4 is 37.4 Å². The van der Waals surface area contributed by atoms with Crippen molar-refractivity contribution in [3.05, 3.63) is 46.6 Å². The number of anilines is 1. The number of aromatic nitrogens is 2. The van der Waals surface area contributed by atoms with Crippen LogP contribution in [-0.2, 0) is 22.9 Å². The highest BCUT2D eigenvalue weighted by atomic mass is 32.2. The Bertz CT molecular complexity index is 1180. The summed E-state index contributed by atoms with van der Waals surface area (Å²) in [5.74, 6) is 1.65. The number of rotatable bonds is 3. The van der Waals surface area contributed by atoms with Gasteiger partial charge in [0.05, 0.1) is 10.3 Å². The monoisotopic (exact) mass is 442 g/mol. The van der Waals surface area contributed by atoms with E-state index in [0.717, 1.165) is 29.1 Å². The lowest BCUT2D eigenvalue weighted by Crippen LogP contribution is -2.49. The van der Waals surface area contributed by atoms with Crippen LogP contribution >= 0.6 is 11.3 Å². The minimum absolute atomic E-state index is 0.367. The summed E-state index contributed by atoms with van der Waals surface area (Å²) >= 11 is 1.80. The summed E-state index contributed by atoms with van der Waals surface area (Å²) in [4.78, 5) is 14.3. The number of aryl methyl sites for hydroxylation is 2. The first kappa shape index (κ1) is 19.9. The van der Waals surface area contributed by atoms with E-state index in [-0.39, 0.29) is 0 Å². The average molecular weight is 443 g/mol. The molecule has 30 heavy (non-hydrogen) atoms. The van der Waals surface area contributed by atoms with Gasteiger partial charge in [0.15, 0.2) is 0 Å². The summed E-state index contributed by atoms with van der Waals surface area (Å²) in [5, 5.41) is 1.19. The van der Waals surface area contributed by atoms with Crippen molar-refractivity contribution in [3.8, 4) is 0 Å². The van der Waals surface area contributed by atoms with Crippen LogP contribution in [0.15, 0.2) is 35.5 Å². The first-order valence-electron chi connectivity index (χ1n) is 10.5. The molecule has 0 spiro atoms. The Morgan fingerprint density at radius 3 is 2.53 bits per heavy atom. The molecule has 1 saturated heterocycles. The fourth-order valence-corrected chi connectivity index (χ4v) is 7.11. The number of hydrogen-bond acceptors (Lipinski definition) is 6. The van der Waals surface area contributed by atoms with Crippen molar-refractivity contribution in [2.45, 2.75) is 38.0 Å². The van der Waals surface area contributed by atoms with Crippen LogP contribution in [0.1, 0.15) is 29.3 Å². The minimum atomic E-state index is -3.46. The van der Waals surface area contributed by atoms with E-state index in [1.807, 2.05) is 19.1 Å². The van der Waals surface area contributed by atoms with Crippen molar-refractivity contribution in [2.75, 3.05) is 31.1 Å². The number of nitrogens with zero attached hydrogens (tertiary/aromatic N) is 4. The molecule has 1 unspecified atom stereocenters. The van der Waals surface area contributed by atoms with E-state index >= 15 is 0 Å². The SMILES string of the molecule is Cc1ccc(S(=O)(=O)N2CCN(c3ncnc4sc5c(c34)CC(C)CC5)CC2)cc1. The smallest absolute Gasteiger partial charge is 0.243 e. The van der Waals surface area contributed by atoms with Gasteiger partial charge >= 0.3 is 0 Å². The predicted molar refractivity (Wildman–Crippen MR) is 121 cm³/mol. The lowest BCUT2D eigenvalue weighted by molar-refractivity contribution is 0.384. The van der Waals surface area contributed by atoms with E-state index in [0.29, 0.717) is 37.0 Å². The molecule has 158 valence electrons. The third-order valence-corrected chi connectivity index (χ3v) is 9.38. The molecule has 1 atom stereocenters. The molecule has 1 fully saturated rings. The molecular formula is C22H26N4O2S2. The van der Waals surface area contributed by atoms with E-state index in [9.17, 15) is 8.42 Å². The summed E-state index contributed by atoms with van der Waals surface area (Å²) < 4.78 is 27.6. The van der Waals surface area contributed by atoms with Gasteiger partial charge in [-0.3, -0.25) is 0 Å². The largest absolute Gasteiger partial charge is 0.353 e. The molecule has 6 nitrogen and oxygen atoms in total. The van der Waals surface area contributed by atoms with E-state index in [2.05, 4.69) is 21.8 Å². The Morgan fingerprint density at radius 1 is 1.07 bits per heavy atom. The fourth-order valence-electron chi connectivity index (χ4n) is 4.51. The molecule has 1 aliphatic heterocycles. The van der Waals surface area contributed by atoms with Gasteiger partial charge in [-0.1, -0.05) is 24.6 Å².